The first-order chi connectivity index (χ1) is 12.4. The number of aryl methyl sites for hydroxylation is 1. The highest BCUT2D eigenvalue weighted by Crippen LogP contribution is 2.34. The molecular formula is C19H22N4O3. The zero-order valence-corrected chi connectivity index (χ0v) is 15.0. The Labute approximate surface area is 152 Å². The van der Waals surface area contributed by atoms with Crippen LogP contribution in [0.5, 0.6) is 0 Å². The molecule has 26 heavy (non-hydrogen) atoms. The molecule has 7 heteroatoms. The fourth-order valence-electron chi connectivity index (χ4n) is 3.07. The third-order valence-electron chi connectivity index (χ3n) is 4.76. The van der Waals surface area contributed by atoms with Gasteiger partial charge >= 0.3 is 0 Å². The first-order valence-electron chi connectivity index (χ1n) is 8.55. The Bertz CT molecular complexity index is 835. The summed E-state index contributed by atoms with van der Waals surface area (Å²) in [4.78, 5) is 30.4. The van der Waals surface area contributed by atoms with Crippen molar-refractivity contribution in [2.24, 2.45) is 0 Å². The molecule has 3 rings (SSSR count). The van der Waals surface area contributed by atoms with Gasteiger partial charge in [-0.25, -0.2) is 0 Å². The van der Waals surface area contributed by atoms with Crippen molar-refractivity contribution in [3.05, 3.63) is 54.2 Å². The molecule has 0 unspecified atom stereocenters. The lowest BCUT2D eigenvalue weighted by molar-refractivity contribution is -0.111. The maximum Gasteiger partial charge on any atom is 0.253 e. The molecule has 0 saturated carbocycles. The van der Waals surface area contributed by atoms with Crippen LogP contribution in [0.4, 0.5) is 5.69 Å². The SMILES string of the molecule is C=CC(=O)Nc1cccc(C(=O)N2CCC(C)(c3nc(C)no3)CC2)c1. The molecule has 1 aliphatic heterocycles. The van der Waals surface area contributed by atoms with Crippen LogP contribution in [0.15, 0.2) is 41.4 Å². The van der Waals surface area contributed by atoms with Gasteiger partial charge in [-0.2, -0.15) is 4.98 Å². The summed E-state index contributed by atoms with van der Waals surface area (Å²) >= 11 is 0. The maximum absolute atomic E-state index is 12.8. The number of piperidine rings is 1. The van der Waals surface area contributed by atoms with E-state index in [0.29, 0.717) is 36.1 Å². The number of nitrogens with zero attached hydrogens (tertiary/aromatic N) is 3. The quantitative estimate of drug-likeness (QED) is 0.853. The van der Waals surface area contributed by atoms with Gasteiger partial charge in [-0.3, -0.25) is 9.59 Å². The third-order valence-corrected chi connectivity index (χ3v) is 4.76. The van der Waals surface area contributed by atoms with Gasteiger partial charge in [0.2, 0.25) is 11.8 Å². The molecule has 0 bridgehead atoms. The average Bonchev–Trinajstić information content (AvgIpc) is 3.09. The molecule has 136 valence electrons. The lowest BCUT2D eigenvalue weighted by Gasteiger charge is -2.37. The van der Waals surface area contributed by atoms with E-state index in [0.717, 1.165) is 12.8 Å². The second-order valence-corrected chi connectivity index (χ2v) is 6.77. The summed E-state index contributed by atoms with van der Waals surface area (Å²) in [6.45, 7) is 8.53. The maximum atomic E-state index is 12.8. The van der Waals surface area contributed by atoms with E-state index in [2.05, 4.69) is 29.0 Å². The number of anilines is 1. The molecule has 7 nitrogen and oxygen atoms in total. The first kappa shape index (κ1) is 17.8. The highest BCUT2D eigenvalue weighted by Gasteiger charge is 2.37. The molecule has 2 aromatic rings. The Morgan fingerprint density at radius 2 is 2.08 bits per heavy atom. The lowest BCUT2D eigenvalue weighted by atomic mass is 9.80. The first-order valence-corrected chi connectivity index (χ1v) is 8.55. The topological polar surface area (TPSA) is 88.3 Å². The highest BCUT2D eigenvalue weighted by molar-refractivity contribution is 6.00. The fourth-order valence-corrected chi connectivity index (χ4v) is 3.07. The van der Waals surface area contributed by atoms with Gasteiger partial charge in [0.1, 0.15) is 0 Å². The minimum atomic E-state index is -0.307. The monoisotopic (exact) mass is 354 g/mol. The number of carbonyl (C=O) groups is 2. The van der Waals surface area contributed by atoms with Gasteiger partial charge < -0.3 is 14.7 Å². The van der Waals surface area contributed by atoms with Crippen LogP contribution in [0.25, 0.3) is 0 Å². The van der Waals surface area contributed by atoms with Crippen LogP contribution in [0, 0.1) is 6.92 Å². The molecule has 0 spiro atoms. The predicted molar refractivity (Wildman–Crippen MR) is 96.8 cm³/mol. The van der Waals surface area contributed by atoms with Crippen molar-refractivity contribution in [2.75, 3.05) is 18.4 Å². The van der Waals surface area contributed by atoms with Crippen LogP contribution in [0.3, 0.4) is 0 Å². The summed E-state index contributed by atoms with van der Waals surface area (Å²) in [5, 5.41) is 6.54. The van der Waals surface area contributed by atoms with Gasteiger partial charge in [0.15, 0.2) is 5.82 Å². The number of rotatable bonds is 4. The molecule has 1 fully saturated rings. The minimum Gasteiger partial charge on any atom is -0.339 e. The average molecular weight is 354 g/mol. The molecule has 0 aliphatic carbocycles. The lowest BCUT2D eigenvalue weighted by Crippen LogP contribution is -2.44. The number of amides is 2. The Morgan fingerprint density at radius 1 is 1.35 bits per heavy atom. The number of benzene rings is 1. The van der Waals surface area contributed by atoms with Crippen molar-refractivity contribution >= 4 is 17.5 Å². The summed E-state index contributed by atoms with van der Waals surface area (Å²) in [5.41, 5.74) is 0.908. The van der Waals surface area contributed by atoms with Gasteiger partial charge in [-0.05, 0) is 44.0 Å². The van der Waals surface area contributed by atoms with E-state index in [-0.39, 0.29) is 17.2 Å². The molecule has 0 atom stereocenters. The van der Waals surface area contributed by atoms with Gasteiger partial charge in [0, 0.05) is 24.3 Å². The van der Waals surface area contributed by atoms with Crippen LogP contribution < -0.4 is 5.32 Å². The number of hydrogen-bond acceptors (Lipinski definition) is 5. The summed E-state index contributed by atoms with van der Waals surface area (Å²) in [6.07, 6.45) is 2.71. The molecule has 0 radical (unpaired) electrons. The fraction of sp³-hybridized carbons (Fsp3) is 0.368. The van der Waals surface area contributed by atoms with Gasteiger partial charge in [-0.1, -0.05) is 24.7 Å². The van der Waals surface area contributed by atoms with E-state index in [1.54, 1.807) is 31.2 Å². The third kappa shape index (κ3) is 3.66. The Kier molecular flexibility index (Phi) is 4.88. The highest BCUT2D eigenvalue weighted by atomic mass is 16.5. The second kappa shape index (κ2) is 7.11. The molecule has 2 amide bonds. The smallest absolute Gasteiger partial charge is 0.253 e. The molecule has 2 heterocycles. The standard InChI is InChI=1S/C19H22N4O3/c1-4-16(24)21-15-7-5-6-14(12-15)17(25)23-10-8-19(3,9-11-23)18-20-13(2)22-26-18/h4-7,12H,1,8-11H2,2-3H3,(H,21,24). The van der Waals surface area contributed by atoms with Crippen molar-refractivity contribution in [1.29, 1.82) is 0 Å². The molecule has 1 aromatic heterocycles. The Hall–Kier alpha value is -2.96. The van der Waals surface area contributed by atoms with E-state index < -0.39 is 0 Å². The van der Waals surface area contributed by atoms with E-state index >= 15 is 0 Å². The van der Waals surface area contributed by atoms with Crippen LogP contribution >= 0.6 is 0 Å². The van der Waals surface area contributed by atoms with Crippen molar-refractivity contribution < 1.29 is 14.1 Å². The van der Waals surface area contributed by atoms with Crippen LogP contribution in [-0.4, -0.2) is 39.9 Å². The van der Waals surface area contributed by atoms with E-state index in [9.17, 15) is 9.59 Å². The zero-order chi connectivity index (χ0) is 18.7. The van der Waals surface area contributed by atoms with Crippen molar-refractivity contribution in [3.63, 3.8) is 0 Å². The van der Waals surface area contributed by atoms with Crippen LogP contribution in [0.1, 0.15) is 41.8 Å². The Balaban J connectivity index is 1.68. The van der Waals surface area contributed by atoms with E-state index in [1.807, 2.05) is 4.90 Å². The van der Waals surface area contributed by atoms with E-state index in [1.165, 1.54) is 6.08 Å². The molecule has 1 aliphatic rings. The van der Waals surface area contributed by atoms with Crippen LogP contribution in [-0.2, 0) is 10.2 Å². The molecular weight excluding hydrogens is 332 g/mol. The number of likely N-dealkylation sites (tertiary alicyclic amines) is 1. The van der Waals surface area contributed by atoms with Crippen LogP contribution in [0.2, 0.25) is 0 Å². The van der Waals surface area contributed by atoms with E-state index in [4.69, 9.17) is 4.52 Å². The van der Waals surface area contributed by atoms with Crippen molar-refractivity contribution in [3.8, 4) is 0 Å². The normalized spacial score (nSPS) is 16.2. The summed E-state index contributed by atoms with van der Waals surface area (Å²) in [7, 11) is 0. The summed E-state index contributed by atoms with van der Waals surface area (Å²) < 4.78 is 5.34. The van der Waals surface area contributed by atoms with Crippen molar-refractivity contribution in [1.82, 2.24) is 15.0 Å². The minimum absolute atomic E-state index is 0.0524. The summed E-state index contributed by atoms with van der Waals surface area (Å²) in [6, 6.07) is 6.92. The van der Waals surface area contributed by atoms with Gasteiger partial charge in [0.05, 0.1) is 5.41 Å². The number of carbonyl (C=O) groups excluding carboxylic acids is 2. The predicted octanol–water partition coefficient (Wildman–Crippen LogP) is 2.70. The molecule has 1 aromatic carbocycles. The molecule has 1 saturated heterocycles. The zero-order valence-electron chi connectivity index (χ0n) is 15.0. The second-order valence-electron chi connectivity index (χ2n) is 6.77. The summed E-state index contributed by atoms with van der Waals surface area (Å²) in [5.74, 6) is 0.899. The Morgan fingerprint density at radius 3 is 2.69 bits per heavy atom. The number of hydrogen-bond donors (Lipinski definition) is 1. The number of nitrogens with one attached hydrogen (secondary N) is 1. The van der Waals surface area contributed by atoms with Gasteiger partial charge in [-0.15, -0.1) is 0 Å². The van der Waals surface area contributed by atoms with Gasteiger partial charge in [0.25, 0.3) is 5.91 Å². The largest absolute Gasteiger partial charge is 0.339 e. The number of aromatic nitrogens is 2. The molecule has 1 N–H and O–H groups in total. The van der Waals surface area contributed by atoms with Crippen molar-refractivity contribution in [2.45, 2.75) is 32.1 Å².